The van der Waals surface area contributed by atoms with Crippen molar-refractivity contribution in [2.45, 2.75) is 25.7 Å². The molecule has 2 unspecified atom stereocenters. The lowest BCUT2D eigenvalue weighted by Crippen LogP contribution is -2.24. The molecule has 0 amide bonds. The van der Waals surface area contributed by atoms with Crippen LogP contribution in [0.2, 0.25) is 0 Å². The SMILES string of the molecule is COc1cc(OC)c(C(CCl)C(=O)C(CCl)c2cc(C)c(OC)cc2OC)cc1C. The number of rotatable bonds is 10. The molecule has 0 N–H and O–H groups in total. The normalized spacial score (nSPS) is 12.8. The topological polar surface area (TPSA) is 54.0 Å². The minimum Gasteiger partial charge on any atom is -0.496 e. The van der Waals surface area contributed by atoms with Gasteiger partial charge < -0.3 is 18.9 Å². The van der Waals surface area contributed by atoms with Crippen LogP contribution in [0.1, 0.15) is 34.1 Å². The summed E-state index contributed by atoms with van der Waals surface area (Å²) >= 11 is 12.6. The Hall–Kier alpha value is -2.11. The Labute approximate surface area is 188 Å². The van der Waals surface area contributed by atoms with Gasteiger partial charge in [0.2, 0.25) is 0 Å². The third kappa shape index (κ3) is 4.79. The molecule has 0 saturated carbocycles. The van der Waals surface area contributed by atoms with Crippen LogP contribution in [0.3, 0.4) is 0 Å². The van der Waals surface area contributed by atoms with E-state index in [1.165, 1.54) is 0 Å². The molecule has 0 radical (unpaired) electrons. The molecule has 5 nitrogen and oxygen atoms in total. The molecule has 0 spiro atoms. The summed E-state index contributed by atoms with van der Waals surface area (Å²) in [6.07, 6.45) is 0. The number of halogens is 2. The summed E-state index contributed by atoms with van der Waals surface area (Å²) in [4.78, 5) is 13.6. The molecule has 2 aromatic rings. The molecule has 0 fully saturated rings. The molecular weight excluding hydrogens is 427 g/mol. The Kier molecular flexibility index (Phi) is 8.68. The van der Waals surface area contributed by atoms with Crippen LogP contribution in [0, 0.1) is 13.8 Å². The van der Waals surface area contributed by atoms with Gasteiger partial charge in [-0.05, 0) is 37.1 Å². The summed E-state index contributed by atoms with van der Waals surface area (Å²) in [5.74, 6) is 1.30. The number of carbonyl (C=O) groups excluding carboxylic acids is 1. The van der Waals surface area contributed by atoms with Gasteiger partial charge in [0, 0.05) is 35.0 Å². The lowest BCUT2D eigenvalue weighted by Gasteiger charge is -2.24. The first kappa shape index (κ1) is 24.2. The highest BCUT2D eigenvalue weighted by molar-refractivity contribution is 6.22. The third-order valence-corrected chi connectivity index (χ3v) is 5.86. The highest BCUT2D eigenvalue weighted by Crippen LogP contribution is 2.40. The Morgan fingerprint density at radius 1 is 0.700 bits per heavy atom. The van der Waals surface area contributed by atoms with Crippen molar-refractivity contribution < 1.29 is 23.7 Å². The maximum atomic E-state index is 13.6. The monoisotopic (exact) mass is 454 g/mol. The molecule has 30 heavy (non-hydrogen) atoms. The Morgan fingerprint density at radius 2 is 1.03 bits per heavy atom. The van der Waals surface area contributed by atoms with Crippen molar-refractivity contribution in [2.24, 2.45) is 0 Å². The van der Waals surface area contributed by atoms with Crippen LogP contribution in [0.5, 0.6) is 23.0 Å². The van der Waals surface area contributed by atoms with Crippen LogP contribution < -0.4 is 18.9 Å². The Morgan fingerprint density at radius 3 is 1.30 bits per heavy atom. The number of aryl methyl sites for hydroxylation is 2. The first-order chi connectivity index (χ1) is 14.4. The van der Waals surface area contributed by atoms with Gasteiger partial charge in [-0.3, -0.25) is 4.79 Å². The minimum absolute atomic E-state index is 0.0891. The first-order valence-corrected chi connectivity index (χ1v) is 10.5. The number of methoxy groups -OCH3 is 4. The number of ether oxygens (including phenoxy) is 4. The summed E-state index contributed by atoms with van der Waals surface area (Å²) in [5, 5.41) is 0. The molecule has 164 valence electrons. The van der Waals surface area contributed by atoms with Gasteiger partial charge in [0.05, 0.1) is 40.3 Å². The van der Waals surface area contributed by atoms with Crippen molar-refractivity contribution in [1.29, 1.82) is 0 Å². The van der Waals surface area contributed by atoms with E-state index >= 15 is 0 Å². The van der Waals surface area contributed by atoms with Crippen molar-refractivity contribution in [3.8, 4) is 23.0 Å². The Balaban J connectivity index is 2.56. The molecular formula is C23H28Cl2O5. The Bertz CT molecular complexity index is 826. The average Bonchev–Trinajstić information content (AvgIpc) is 2.75. The number of hydrogen-bond acceptors (Lipinski definition) is 5. The molecule has 0 heterocycles. The molecule has 0 aliphatic heterocycles. The lowest BCUT2D eigenvalue weighted by atomic mass is 9.83. The van der Waals surface area contributed by atoms with E-state index in [0.717, 1.165) is 11.1 Å². The summed E-state index contributed by atoms with van der Waals surface area (Å²) < 4.78 is 21.8. The van der Waals surface area contributed by atoms with Gasteiger partial charge in [-0.15, -0.1) is 23.2 Å². The summed E-state index contributed by atoms with van der Waals surface area (Å²) in [5.41, 5.74) is 3.18. The number of hydrogen-bond donors (Lipinski definition) is 0. The summed E-state index contributed by atoms with van der Waals surface area (Å²) in [6.45, 7) is 3.82. The molecule has 0 bridgehead atoms. The van der Waals surface area contributed by atoms with Crippen molar-refractivity contribution in [3.63, 3.8) is 0 Å². The van der Waals surface area contributed by atoms with E-state index in [-0.39, 0.29) is 17.5 Å². The maximum absolute atomic E-state index is 13.6. The van der Waals surface area contributed by atoms with Gasteiger partial charge in [-0.1, -0.05) is 0 Å². The van der Waals surface area contributed by atoms with E-state index in [9.17, 15) is 4.79 Å². The quantitative estimate of drug-likeness (QED) is 0.458. The lowest BCUT2D eigenvalue weighted by molar-refractivity contribution is -0.121. The van der Waals surface area contributed by atoms with Crippen molar-refractivity contribution in [3.05, 3.63) is 46.5 Å². The fourth-order valence-corrected chi connectivity index (χ4v) is 4.23. The molecule has 7 heteroatoms. The van der Waals surface area contributed by atoms with Gasteiger partial charge in [0.15, 0.2) is 0 Å². The van der Waals surface area contributed by atoms with Crippen molar-refractivity contribution in [1.82, 2.24) is 0 Å². The minimum atomic E-state index is -0.609. The number of alkyl halides is 2. The third-order valence-electron chi connectivity index (χ3n) is 5.24. The van der Waals surface area contributed by atoms with Gasteiger partial charge in [0.25, 0.3) is 0 Å². The average molecular weight is 455 g/mol. The number of benzene rings is 2. The molecule has 2 atom stereocenters. The predicted octanol–water partition coefficient (Wildman–Crippen LogP) is 5.25. The highest BCUT2D eigenvalue weighted by atomic mass is 35.5. The molecule has 2 aromatic carbocycles. The second-order valence-electron chi connectivity index (χ2n) is 6.94. The van der Waals surface area contributed by atoms with Crippen LogP contribution in [0.25, 0.3) is 0 Å². The van der Waals surface area contributed by atoms with E-state index in [2.05, 4.69) is 0 Å². The highest BCUT2D eigenvalue weighted by Gasteiger charge is 2.33. The molecule has 0 aliphatic rings. The van der Waals surface area contributed by atoms with E-state index < -0.39 is 11.8 Å². The van der Waals surface area contributed by atoms with Crippen LogP contribution in [-0.2, 0) is 4.79 Å². The number of carbonyl (C=O) groups is 1. The number of ketones is 1. The van der Waals surface area contributed by atoms with Crippen LogP contribution in [-0.4, -0.2) is 46.0 Å². The zero-order valence-electron chi connectivity index (χ0n) is 18.2. The molecule has 2 rings (SSSR count). The van der Waals surface area contributed by atoms with Crippen molar-refractivity contribution >= 4 is 29.0 Å². The molecule has 0 saturated heterocycles. The standard InChI is InChI=1S/C23H28Cl2O5/c1-13-7-15(21(29-5)9-19(13)27-3)17(11-24)23(26)18(12-25)16-8-14(2)20(28-4)10-22(16)30-6/h7-10,17-18H,11-12H2,1-6H3. The predicted molar refractivity (Wildman–Crippen MR) is 120 cm³/mol. The largest absolute Gasteiger partial charge is 0.496 e. The van der Waals surface area contributed by atoms with Gasteiger partial charge in [-0.25, -0.2) is 0 Å². The first-order valence-electron chi connectivity index (χ1n) is 9.47. The van der Waals surface area contributed by atoms with Gasteiger partial charge in [-0.2, -0.15) is 0 Å². The van der Waals surface area contributed by atoms with Crippen molar-refractivity contribution in [2.75, 3.05) is 40.2 Å². The second kappa shape index (κ2) is 10.8. The fraction of sp³-hybridized carbons (Fsp3) is 0.435. The van der Waals surface area contributed by atoms with Gasteiger partial charge in [0.1, 0.15) is 28.8 Å². The van der Waals surface area contributed by atoms with E-state index in [0.29, 0.717) is 34.1 Å². The summed E-state index contributed by atoms with van der Waals surface area (Å²) in [6, 6.07) is 7.30. The van der Waals surface area contributed by atoms with Gasteiger partial charge >= 0.3 is 0 Å². The molecule has 0 aromatic heterocycles. The van der Waals surface area contributed by atoms with E-state index in [1.807, 2.05) is 26.0 Å². The van der Waals surface area contributed by atoms with Crippen LogP contribution >= 0.6 is 23.2 Å². The fourth-order valence-electron chi connectivity index (χ4n) is 3.59. The van der Waals surface area contributed by atoms with Crippen LogP contribution in [0.4, 0.5) is 0 Å². The second-order valence-corrected chi connectivity index (χ2v) is 7.56. The summed E-state index contributed by atoms with van der Waals surface area (Å²) in [7, 11) is 6.29. The smallest absolute Gasteiger partial charge is 0.150 e. The zero-order chi connectivity index (χ0) is 22.4. The zero-order valence-corrected chi connectivity index (χ0v) is 19.7. The maximum Gasteiger partial charge on any atom is 0.150 e. The van der Waals surface area contributed by atoms with E-state index in [4.69, 9.17) is 42.1 Å². The molecule has 0 aliphatic carbocycles. The number of Topliss-reactive ketones (excluding diaryl/α,β-unsaturated/α-hetero) is 1. The van der Waals surface area contributed by atoms with E-state index in [1.54, 1.807) is 40.6 Å². The van der Waals surface area contributed by atoms with Crippen LogP contribution in [0.15, 0.2) is 24.3 Å².